The van der Waals surface area contributed by atoms with Crippen molar-refractivity contribution in [1.82, 2.24) is 14.7 Å². The van der Waals surface area contributed by atoms with Gasteiger partial charge in [0.25, 0.3) is 0 Å². The lowest BCUT2D eigenvalue weighted by Gasteiger charge is -2.41. The lowest BCUT2D eigenvalue weighted by atomic mass is 10.1. The van der Waals surface area contributed by atoms with Crippen LogP contribution in [0.4, 0.5) is 4.79 Å². The highest BCUT2D eigenvalue weighted by molar-refractivity contribution is 5.69. The fourth-order valence-corrected chi connectivity index (χ4v) is 1.64. The minimum atomic E-state index is -0.443. The number of likely N-dealkylation sites (tertiary alicyclic amines) is 1. The quantitative estimate of drug-likeness (QED) is 0.731. The maximum Gasteiger partial charge on any atom is 0.412 e. The zero-order valence-corrected chi connectivity index (χ0v) is 9.88. The number of rotatable bonds is 1. The van der Waals surface area contributed by atoms with Crippen LogP contribution >= 0.6 is 0 Å². The summed E-state index contributed by atoms with van der Waals surface area (Å²) in [7, 11) is 0. The van der Waals surface area contributed by atoms with Crippen LogP contribution in [-0.2, 0) is 4.74 Å². The first-order valence-corrected chi connectivity index (χ1v) is 5.46. The smallest absolute Gasteiger partial charge is 0.412 e. The number of hydrogen-bond donors (Lipinski definition) is 0. The van der Waals surface area contributed by atoms with Crippen molar-refractivity contribution in [3.8, 4) is 0 Å². The molecule has 1 aromatic rings. The Kier molecular flexibility index (Phi) is 2.61. The van der Waals surface area contributed by atoms with E-state index in [1.165, 1.54) is 0 Å². The molecule has 1 aliphatic heterocycles. The molecule has 1 aliphatic rings. The molecular formula is C11H17N3O2. The van der Waals surface area contributed by atoms with Crippen molar-refractivity contribution in [3.63, 3.8) is 0 Å². The summed E-state index contributed by atoms with van der Waals surface area (Å²) >= 11 is 0. The van der Waals surface area contributed by atoms with Crippen LogP contribution in [0.25, 0.3) is 0 Å². The van der Waals surface area contributed by atoms with Crippen LogP contribution < -0.4 is 0 Å². The molecule has 0 saturated carbocycles. The van der Waals surface area contributed by atoms with Crippen molar-refractivity contribution in [2.75, 3.05) is 6.54 Å². The van der Waals surface area contributed by atoms with Gasteiger partial charge < -0.3 is 4.74 Å². The van der Waals surface area contributed by atoms with Gasteiger partial charge in [0.05, 0.1) is 0 Å². The van der Waals surface area contributed by atoms with Crippen LogP contribution in [0, 0.1) is 0 Å². The first-order chi connectivity index (χ1) is 7.47. The van der Waals surface area contributed by atoms with E-state index in [9.17, 15) is 4.79 Å². The molecule has 1 saturated heterocycles. The first kappa shape index (κ1) is 11.0. The summed E-state index contributed by atoms with van der Waals surface area (Å²) in [6, 6.07) is 1.85. The number of aromatic nitrogens is 2. The lowest BCUT2D eigenvalue weighted by molar-refractivity contribution is -0.0256. The summed E-state index contributed by atoms with van der Waals surface area (Å²) in [5.41, 5.74) is -0.443. The summed E-state index contributed by atoms with van der Waals surface area (Å²) in [4.78, 5) is 13.5. The van der Waals surface area contributed by atoms with Gasteiger partial charge >= 0.3 is 6.09 Å². The summed E-state index contributed by atoms with van der Waals surface area (Å²) in [6.45, 7) is 6.34. The Morgan fingerprint density at radius 2 is 2.25 bits per heavy atom. The van der Waals surface area contributed by atoms with E-state index in [1.807, 2.05) is 33.0 Å². The highest BCUT2D eigenvalue weighted by Crippen LogP contribution is 2.28. The SMILES string of the molecule is CC(C)(C)OC(=O)N1CCC1n1cccn1. The van der Waals surface area contributed by atoms with Crippen molar-refractivity contribution in [1.29, 1.82) is 0 Å². The van der Waals surface area contributed by atoms with Crippen LogP contribution in [0.15, 0.2) is 18.5 Å². The van der Waals surface area contributed by atoms with Gasteiger partial charge in [0.2, 0.25) is 0 Å². The van der Waals surface area contributed by atoms with E-state index in [2.05, 4.69) is 5.10 Å². The third-order valence-corrected chi connectivity index (χ3v) is 2.45. The number of ether oxygens (including phenoxy) is 1. The number of nitrogens with zero attached hydrogens (tertiary/aromatic N) is 3. The molecule has 1 fully saturated rings. The molecule has 0 aliphatic carbocycles. The molecular weight excluding hydrogens is 206 g/mol. The minimum absolute atomic E-state index is 0.0184. The molecule has 16 heavy (non-hydrogen) atoms. The van der Waals surface area contributed by atoms with Crippen LogP contribution in [0.1, 0.15) is 33.4 Å². The monoisotopic (exact) mass is 223 g/mol. The molecule has 0 bridgehead atoms. The molecule has 5 nitrogen and oxygen atoms in total. The van der Waals surface area contributed by atoms with Crippen LogP contribution in [0.3, 0.4) is 0 Å². The number of amides is 1. The Balaban J connectivity index is 1.99. The summed E-state index contributed by atoms with van der Waals surface area (Å²) in [5.74, 6) is 0. The summed E-state index contributed by atoms with van der Waals surface area (Å²) < 4.78 is 7.10. The van der Waals surface area contributed by atoms with Gasteiger partial charge in [0.15, 0.2) is 0 Å². The Labute approximate surface area is 95.0 Å². The van der Waals surface area contributed by atoms with Crippen molar-refractivity contribution < 1.29 is 9.53 Å². The second kappa shape index (κ2) is 3.81. The largest absolute Gasteiger partial charge is 0.444 e. The zero-order valence-electron chi connectivity index (χ0n) is 9.88. The maximum absolute atomic E-state index is 11.8. The van der Waals surface area contributed by atoms with E-state index in [-0.39, 0.29) is 12.3 Å². The number of hydrogen-bond acceptors (Lipinski definition) is 3. The molecule has 2 rings (SSSR count). The lowest BCUT2D eigenvalue weighted by Crippen LogP contribution is -2.49. The minimum Gasteiger partial charge on any atom is -0.444 e. The van der Waals surface area contributed by atoms with Gasteiger partial charge in [-0.05, 0) is 26.8 Å². The molecule has 88 valence electrons. The van der Waals surface area contributed by atoms with Crippen molar-refractivity contribution in [2.24, 2.45) is 0 Å². The van der Waals surface area contributed by atoms with E-state index >= 15 is 0 Å². The Morgan fingerprint density at radius 1 is 1.50 bits per heavy atom. The Hall–Kier alpha value is -1.52. The molecule has 1 unspecified atom stereocenters. The molecule has 2 heterocycles. The predicted molar refractivity (Wildman–Crippen MR) is 58.8 cm³/mol. The third kappa shape index (κ3) is 2.18. The number of carbonyl (C=O) groups is 1. The molecule has 1 amide bonds. The fourth-order valence-electron chi connectivity index (χ4n) is 1.64. The van der Waals surface area contributed by atoms with E-state index < -0.39 is 5.60 Å². The van der Waals surface area contributed by atoms with Gasteiger partial charge in [-0.1, -0.05) is 0 Å². The van der Waals surface area contributed by atoms with Crippen molar-refractivity contribution in [3.05, 3.63) is 18.5 Å². The van der Waals surface area contributed by atoms with Crippen LogP contribution in [0.5, 0.6) is 0 Å². The van der Waals surface area contributed by atoms with Crippen molar-refractivity contribution in [2.45, 2.75) is 39.0 Å². The van der Waals surface area contributed by atoms with Gasteiger partial charge in [0.1, 0.15) is 11.8 Å². The van der Waals surface area contributed by atoms with Gasteiger partial charge in [-0.15, -0.1) is 0 Å². The van der Waals surface area contributed by atoms with E-state index in [4.69, 9.17) is 4.74 Å². The van der Waals surface area contributed by atoms with Gasteiger partial charge in [-0.2, -0.15) is 5.10 Å². The molecule has 0 aromatic carbocycles. The second-order valence-corrected chi connectivity index (χ2v) is 4.93. The summed E-state index contributed by atoms with van der Waals surface area (Å²) in [6.07, 6.45) is 4.26. The highest BCUT2D eigenvalue weighted by Gasteiger charge is 2.36. The normalized spacial score (nSPS) is 20.4. The molecule has 5 heteroatoms. The average molecular weight is 223 g/mol. The Morgan fingerprint density at radius 3 is 2.69 bits per heavy atom. The number of carbonyl (C=O) groups excluding carboxylic acids is 1. The molecule has 1 atom stereocenters. The standard InChI is InChI=1S/C11H17N3O2/c1-11(2,3)16-10(15)13-8-5-9(13)14-7-4-6-12-14/h4,6-7,9H,5,8H2,1-3H3. The van der Waals surface area contributed by atoms with Gasteiger partial charge in [0, 0.05) is 25.4 Å². The average Bonchev–Trinajstić information content (AvgIpc) is 2.50. The van der Waals surface area contributed by atoms with Crippen LogP contribution in [0.2, 0.25) is 0 Å². The van der Waals surface area contributed by atoms with Gasteiger partial charge in [-0.3, -0.25) is 4.90 Å². The molecule has 0 spiro atoms. The molecule has 0 radical (unpaired) electrons. The zero-order chi connectivity index (χ0) is 11.8. The first-order valence-electron chi connectivity index (χ1n) is 5.46. The predicted octanol–water partition coefficient (Wildman–Crippen LogP) is 2.02. The summed E-state index contributed by atoms with van der Waals surface area (Å²) in [5, 5.41) is 4.13. The molecule has 0 N–H and O–H groups in total. The Bertz CT molecular complexity index is 367. The van der Waals surface area contributed by atoms with E-state index in [0.717, 1.165) is 13.0 Å². The van der Waals surface area contributed by atoms with E-state index in [0.29, 0.717) is 0 Å². The van der Waals surface area contributed by atoms with Crippen LogP contribution in [-0.4, -0.2) is 32.9 Å². The topological polar surface area (TPSA) is 47.4 Å². The maximum atomic E-state index is 11.8. The third-order valence-electron chi connectivity index (χ3n) is 2.45. The van der Waals surface area contributed by atoms with Crippen molar-refractivity contribution >= 4 is 6.09 Å². The highest BCUT2D eigenvalue weighted by atomic mass is 16.6. The second-order valence-electron chi connectivity index (χ2n) is 4.93. The van der Waals surface area contributed by atoms with E-state index in [1.54, 1.807) is 15.8 Å². The fraction of sp³-hybridized carbons (Fsp3) is 0.636. The molecule has 1 aromatic heterocycles. The van der Waals surface area contributed by atoms with Gasteiger partial charge in [-0.25, -0.2) is 9.48 Å².